The van der Waals surface area contributed by atoms with Crippen molar-refractivity contribution in [1.29, 1.82) is 0 Å². The first-order valence-electron chi connectivity index (χ1n) is 5.51. The lowest BCUT2D eigenvalue weighted by molar-refractivity contribution is 0.229. The minimum absolute atomic E-state index is 0.0153. The van der Waals surface area contributed by atoms with Crippen LogP contribution in [0.4, 0.5) is 0 Å². The van der Waals surface area contributed by atoms with Crippen LogP contribution in [0.1, 0.15) is 26.2 Å². The molecule has 3 heteroatoms. The monoisotopic (exact) mass is 212 g/mol. The van der Waals surface area contributed by atoms with Gasteiger partial charge in [0.1, 0.15) is 11.4 Å². The van der Waals surface area contributed by atoms with Gasteiger partial charge >= 0.3 is 0 Å². The van der Waals surface area contributed by atoms with Crippen molar-refractivity contribution in [1.82, 2.24) is 0 Å². The van der Waals surface area contributed by atoms with Crippen LogP contribution in [0.2, 0.25) is 19.6 Å². The lowest BCUT2D eigenvalue weighted by Crippen LogP contribution is -2.32. The van der Waals surface area contributed by atoms with E-state index in [-0.39, 0.29) is 5.60 Å². The zero-order valence-electron chi connectivity index (χ0n) is 9.59. The van der Waals surface area contributed by atoms with Crippen molar-refractivity contribution >= 4 is 8.32 Å². The maximum absolute atomic E-state index is 6.10. The molecule has 1 aliphatic carbocycles. The summed E-state index contributed by atoms with van der Waals surface area (Å²) in [4.78, 5) is 0. The molecule has 1 fully saturated rings. The van der Waals surface area contributed by atoms with Crippen LogP contribution in [0.15, 0.2) is 11.8 Å². The number of ether oxygens (including phenoxy) is 1. The van der Waals surface area contributed by atoms with Gasteiger partial charge in [0.15, 0.2) is 0 Å². The second-order valence-corrected chi connectivity index (χ2v) is 9.75. The fraction of sp³-hybridized carbons (Fsp3) is 0.818. The Balaban J connectivity index is 2.13. The summed E-state index contributed by atoms with van der Waals surface area (Å²) in [6.45, 7) is 8.82. The van der Waals surface area contributed by atoms with E-state index in [1.807, 2.05) is 0 Å². The molecule has 14 heavy (non-hydrogen) atoms. The molecule has 2 aliphatic rings. The number of hydrogen-bond acceptors (Lipinski definition) is 2. The van der Waals surface area contributed by atoms with Crippen LogP contribution < -0.4 is 0 Å². The molecule has 0 aromatic heterocycles. The summed E-state index contributed by atoms with van der Waals surface area (Å²) in [6, 6.07) is 0. The van der Waals surface area contributed by atoms with Crippen LogP contribution in [0.25, 0.3) is 0 Å². The molecule has 0 saturated carbocycles. The second kappa shape index (κ2) is 3.10. The highest BCUT2D eigenvalue weighted by atomic mass is 28.4. The first-order chi connectivity index (χ1) is 6.44. The van der Waals surface area contributed by atoms with E-state index in [9.17, 15) is 0 Å². The van der Waals surface area contributed by atoms with Crippen molar-refractivity contribution in [2.24, 2.45) is 0 Å². The van der Waals surface area contributed by atoms with E-state index in [1.54, 1.807) is 0 Å². The zero-order chi connectivity index (χ0) is 10.4. The molecule has 0 aromatic rings. The maximum Gasteiger partial charge on any atom is 0.241 e. The molecular formula is C11H20O2Si. The first-order valence-corrected chi connectivity index (χ1v) is 8.92. The normalized spacial score (nSPS) is 36.9. The van der Waals surface area contributed by atoms with Crippen molar-refractivity contribution in [2.45, 2.75) is 57.5 Å². The summed E-state index contributed by atoms with van der Waals surface area (Å²) in [7, 11) is -1.47. The lowest BCUT2D eigenvalue weighted by atomic mass is 9.91. The molecule has 2 unspecified atom stereocenters. The third-order valence-corrected chi connectivity index (χ3v) is 3.73. The maximum atomic E-state index is 6.10. The molecule has 1 aliphatic heterocycles. The number of rotatable bonds is 2. The van der Waals surface area contributed by atoms with Crippen LogP contribution in [-0.2, 0) is 9.16 Å². The number of allylic oxidation sites excluding steroid dienone is 1. The minimum atomic E-state index is -1.47. The molecule has 80 valence electrons. The molecule has 0 amide bonds. The number of epoxide rings is 1. The van der Waals surface area contributed by atoms with Gasteiger partial charge in [-0.2, -0.15) is 0 Å². The van der Waals surface area contributed by atoms with Crippen molar-refractivity contribution < 1.29 is 9.16 Å². The molecule has 0 aromatic carbocycles. The Hall–Kier alpha value is -0.283. The van der Waals surface area contributed by atoms with Gasteiger partial charge in [-0.3, -0.25) is 0 Å². The van der Waals surface area contributed by atoms with Gasteiger partial charge in [-0.05, 0) is 51.9 Å². The molecule has 0 bridgehead atoms. The van der Waals surface area contributed by atoms with Crippen molar-refractivity contribution in [3.05, 3.63) is 11.8 Å². The van der Waals surface area contributed by atoms with Crippen LogP contribution >= 0.6 is 0 Å². The van der Waals surface area contributed by atoms with Gasteiger partial charge in [-0.15, -0.1) is 0 Å². The Labute approximate surface area is 87.4 Å². The highest BCUT2D eigenvalue weighted by Crippen LogP contribution is 2.50. The molecule has 2 rings (SSSR count). The van der Waals surface area contributed by atoms with Crippen LogP contribution in [0.5, 0.6) is 0 Å². The first kappa shape index (κ1) is 10.2. The summed E-state index contributed by atoms with van der Waals surface area (Å²) in [6.07, 6.45) is 6.14. The molecule has 1 heterocycles. The molecule has 2 atom stereocenters. The van der Waals surface area contributed by atoms with Gasteiger partial charge in [-0.1, -0.05) is 0 Å². The summed E-state index contributed by atoms with van der Waals surface area (Å²) in [5, 5.41) is 0. The third kappa shape index (κ3) is 1.75. The predicted octanol–water partition coefficient (Wildman–Crippen LogP) is 3.06. The molecule has 2 nitrogen and oxygen atoms in total. The van der Waals surface area contributed by atoms with Crippen LogP contribution in [0.3, 0.4) is 0 Å². The molecule has 1 spiro atoms. The van der Waals surface area contributed by atoms with Crippen LogP contribution in [0, 0.1) is 0 Å². The highest BCUT2D eigenvalue weighted by Gasteiger charge is 2.58. The van der Waals surface area contributed by atoms with Gasteiger partial charge < -0.3 is 9.16 Å². The Morgan fingerprint density at radius 3 is 2.64 bits per heavy atom. The van der Waals surface area contributed by atoms with E-state index >= 15 is 0 Å². The summed E-state index contributed by atoms with van der Waals surface area (Å²) in [5.41, 5.74) is -0.0153. The fourth-order valence-corrected chi connectivity index (χ4v) is 3.07. The Morgan fingerprint density at radius 1 is 1.50 bits per heavy atom. The Kier molecular flexibility index (Phi) is 2.27. The molecular weight excluding hydrogens is 192 g/mol. The Bertz CT molecular complexity index is 267. The lowest BCUT2D eigenvalue weighted by Gasteiger charge is -2.28. The quantitative estimate of drug-likeness (QED) is 0.518. The summed E-state index contributed by atoms with van der Waals surface area (Å²) >= 11 is 0. The molecule has 0 N–H and O–H groups in total. The van der Waals surface area contributed by atoms with E-state index < -0.39 is 8.32 Å². The van der Waals surface area contributed by atoms with Crippen molar-refractivity contribution in [3.63, 3.8) is 0 Å². The van der Waals surface area contributed by atoms with Gasteiger partial charge in [0, 0.05) is 0 Å². The molecule has 1 saturated heterocycles. The third-order valence-electron chi connectivity index (χ3n) is 2.90. The van der Waals surface area contributed by atoms with Gasteiger partial charge in [0.25, 0.3) is 0 Å². The topological polar surface area (TPSA) is 21.8 Å². The number of hydrogen-bond donors (Lipinski definition) is 0. The van der Waals surface area contributed by atoms with E-state index in [0.29, 0.717) is 6.10 Å². The highest BCUT2D eigenvalue weighted by molar-refractivity contribution is 6.70. The molecule has 0 radical (unpaired) electrons. The van der Waals surface area contributed by atoms with Gasteiger partial charge in [-0.25, -0.2) is 0 Å². The van der Waals surface area contributed by atoms with Gasteiger partial charge in [0.05, 0.1) is 6.10 Å². The van der Waals surface area contributed by atoms with Crippen molar-refractivity contribution in [3.8, 4) is 0 Å². The van der Waals surface area contributed by atoms with E-state index in [4.69, 9.17) is 9.16 Å². The second-order valence-electron chi connectivity index (χ2n) is 5.32. The van der Waals surface area contributed by atoms with E-state index in [1.165, 1.54) is 6.42 Å². The van der Waals surface area contributed by atoms with E-state index in [0.717, 1.165) is 18.6 Å². The van der Waals surface area contributed by atoms with Crippen LogP contribution in [-0.4, -0.2) is 20.0 Å². The SMILES string of the molecule is CC1OC12CCCC=C2O[Si](C)(C)C. The fourth-order valence-electron chi connectivity index (χ4n) is 2.15. The summed E-state index contributed by atoms with van der Waals surface area (Å²) in [5.74, 6) is 1.13. The smallest absolute Gasteiger partial charge is 0.241 e. The average molecular weight is 212 g/mol. The zero-order valence-corrected chi connectivity index (χ0v) is 10.6. The van der Waals surface area contributed by atoms with E-state index in [2.05, 4.69) is 32.6 Å². The largest absolute Gasteiger partial charge is 0.545 e. The van der Waals surface area contributed by atoms with Gasteiger partial charge in [0.2, 0.25) is 8.32 Å². The predicted molar refractivity (Wildman–Crippen MR) is 59.6 cm³/mol. The minimum Gasteiger partial charge on any atom is -0.545 e. The van der Waals surface area contributed by atoms with Crippen molar-refractivity contribution in [2.75, 3.05) is 0 Å². The Morgan fingerprint density at radius 2 is 2.14 bits per heavy atom. The standard InChI is InChI=1S/C11H20O2Si/c1-9-11(12-9)8-6-5-7-10(11)13-14(2,3)4/h7,9H,5-6,8H2,1-4H3. The summed E-state index contributed by atoms with van der Waals surface area (Å²) < 4.78 is 11.8. The average Bonchev–Trinajstić information content (AvgIpc) is 2.66.